The minimum absolute atomic E-state index is 0.118. The quantitative estimate of drug-likeness (QED) is 0.0309. The zero-order valence-corrected chi connectivity index (χ0v) is 32.0. The fourth-order valence-electron chi connectivity index (χ4n) is 6.56. The zero-order valence-electron chi connectivity index (χ0n) is 32.0. The summed E-state index contributed by atoms with van der Waals surface area (Å²) in [4.78, 5) is 25.0. The maximum absolute atomic E-state index is 12.5. The van der Waals surface area contributed by atoms with Crippen LogP contribution in [0, 0.1) is 0 Å². The molecule has 8 heteroatoms. The van der Waals surface area contributed by atoms with E-state index >= 15 is 0 Å². The second-order valence-corrected chi connectivity index (χ2v) is 14.5. The first kappa shape index (κ1) is 46.3. The third-order valence-corrected chi connectivity index (χ3v) is 9.87. The highest BCUT2D eigenvalue weighted by molar-refractivity contribution is 5.70. The molecule has 0 spiro atoms. The van der Waals surface area contributed by atoms with Gasteiger partial charge in [0.05, 0.1) is 0 Å². The van der Waals surface area contributed by atoms with E-state index in [-0.39, 0.29) is 12.8 Å². The zero-order chi connectivity index (χ0) is 36.7. The van der Waals surface area contributed by atoms with Crippen molar-refractivity contribution in [2.24, 2.45) is 0 Å². The van der Waals surface area contributed by atoms with Crippen LogP contribution in [0.3, 0.4) is 0 Å². The number of ether oxygens (including phenoxy) is 2. The van der Waals surface area contributed by atoms with E-state index in [0.717, 1.165) is 77.0 Å². The molecule has 0 radical (unpaired) electrons. The van der Waals surface area contributed by atoms with Gasteiger partial charge in [-0.3, -0.25) is 9.59 Å². The van der Waals surface area contributed by atoms with Crippen molar-refractivity contribution in [1.82, 2.24) is 0 Å². The van der Waals surface area contributed by atoms with Crippen molar-refractivity contribution >= 4 is 11.9 Å². The lowest BCUT2D eigenvalue weighted by molar-refractivity contribution is -0.241. The van der Waals surface area contributed by atoms with Crippen molar-refractivity contribution < 1.29 is 39.5 Å². The first-order valence-electron chi connectivity index (χ1n) is 20.7. The molecule has 1 aliphatic rings. The fourth-order valence-corrected chi connectivity index (χ4v) is 6.56. The molecule has 0 heterocycles. The molecule has 0 amide bonds. The molecule has 0 aromatic carbocycles. The summed E-state index contributed by atoms with van der Waals surface area (Å²) >= 11 is 0. The Morgan fingerprint density at radius 1 is 0.400 bits per heavy atom. The van der Waals surface area contributed by atoms with Gasteiger partial charge in [0.25, 0.3) is 0 Å². The maximum atomic E-state index is 12.5. The molecular formula is C42H76O8. The summed E-state index contributed by atoms with van der Waals surface area (Å²) in [7, 11) is 0. The predicted octanol–water partition coefficient (Wildman–Crippen LogP) is 9.34. The molecule has 50 heavy (non-hydrogen) atoms. The number of carbonyl (C=O) groups is 2. The monoisotopic (exact) mass is 709 g/mol. The molecule has 8 nitrogen and oxygen atoms in total. The van der Waals surface area contributed by atoms with E-state index in [1.54, 1.807) is 0 Å². The van der Waals surface area contributed by atoms with Crippen LogP contribution in [0.1, 0.15) is 194 Å². The van der Waals surface area contributed by atoms with Crippen LogP contribution in [-0.4, -0.2) is 69.0 Å². The van der Waals surface area contributed by atoms with Gasteiger partial charge in [-0.05, 0) is 64.2 Å². The summed E-state index contributed by atoms with van der Waals surface area (Å²) < 4.78 is 10.7. The molecule has 1 aliphatic carbocycles. The lowest BCUT2D eigenvalue weighted by Crippen LogP contribution is -2.65. The van der Waals surface area contributed by atoms with Gasteiger partial charge >= 0.3 is 11.9 Å². The van der Waals surface area contributed by atoms with Crippen molar-refractivity contribution in [3.05, 3.63) is 24.3 Å². The maximum Gasteiger partial charge on any atom is 0.306 e. The van der Waals surface area contributed by atoms with Gasteiger partial charge in [0, 0.05) is 12.8 Å². The summed E-state index contributed by atoms with van der Waals surface area (Å²) in [5.41, 5.74) is 0. The Labute approximate surface area is 305 Å². The van der Waals surface area contributed by atoms with Crippen molar-refractivity contribution in [3.8, 4) is 0 Å². The summed E-state index contributed by atoms with van der Waals surface area (Å²) in [6.07, 6.45) is 29.3. The first-order valence-corrected chi connectivity index (χ1v) is 20.7. The molecule has 0 saturated heterocycles. The van der Waals surface area contributed by atoms with Gasteiger partial charge in [-0.1, -0.05) is 141 Å². The lowest BCUT2D eigenvalue weighted by atomic mass is 9.84. The van der Waals surface area contributed by atoms with Gasteiger partial charge in [0.2, 0.25) is 0 Å². The van der Waals surface area contributed by atoms with Crippen molar-refractivity contribution in [3.63, 3.8) is 0 Å². The van der Waals surface area contributed by atoms with E-state index in [0.29, 0.717) is 12.8 Å². The Balaban J connectivity index is 2.19. The van der Waals surface area contributed by atoms with Crippen LogP contribution in [0.15, 0.2) is 24.3 Å². The molecule has 0 bridgehead atoms. The molecule has 1 fully saturated rings. The summed E-state index contributed by atoms with van der Waals surface area (Å²) in [5.74, 6) is -1.21. The van der Waals surface area contributed by atoms with Gasteiger partial charge in [-0.2, -0.15) is 0 Å². The lowest BCUT2D eigenvalue weighted by Gasteiger charge is -2.42. The van der Waals surface area contributed by atoms with Crippen LogP contribution in [0.4, 0.5) is 0 Å². The highest BCUT2D eigenvalue weighted by Crippen LogP contribution is 2.27. The molecule has 1 rings (SSSR count). The number of hydrogen-bond acceptors (Lipinski definition) is 8. The SMILES string of the molecule is CCCCCCCC/C=C\CCCCCCCC(=O)O[C@@H]1C(O)[C@H](OC(=O)CCCCCCC/C=C\CCCCCCCC)[C@@H](O)C(O)[C@H]1O. The molecule has 0 aromatic heterocycles. The van der Waals surface area contributed by atoms with Crippen LogP contribution in [-0.2, 0) is 19.1 Å². The molecule has 0 aliphatic heterocycles. The first-order chi connectivity index (χ1) is 24.3. The Morgan fingerprint density at radius 3 is 1.00 bits per heavy atom. The number of aliphatic hydroxyl groups is 4. The number of allylic oxidation sites excluding steroid dienone is 4. The minimum Gasteiger partial charge on any atom is -0.457 e. The van der Waals surface area contributed by atoms with Crippen LogP contribution < -0.4 is 0 Å². The molecule has 6 atom stereocenters. The predicted molar refractivity (Wildman–Crippen MR) is 203 cm³/mol. The Hall–Kier alpha value is -1.74. The number of aliphatic hydroxyl groups excluding tert-OH is 4. The van der Waals surface area contributed by atoms with E-state index in [4.69, 9.17) is 9.47 Å². The minimum atomic E-state index is -1.73. The van der Waals surface area contributed by atoms with Gasteiger partial charge in [-0.15, -0.1) is 0 Å². The fraction of sp³-hybridized carbons (Fsp3) is 0.857. The highest BCUT2D eigenvalue weighted by atomic mass is 16.6. The molecule has 0 aromatic rings. The van der Waals surface area contributed by atoms with Crippen molar-refractivity contribution in [2.75, 3.05) is 0 Å². The average molecular weight is 709 g/mol. The molecule has 292 valence electrons. The number of hydrogen-bond donors (Lipinski definition) is 4. The summed E-state index contributed by atoms with van der Waals surface area (Å²) in [6.45, 7) is 4.48. The van der Waals surface area contributed by atoms with Gasteiger partial charge in [0.1, 0.15) is 24.4 Å². The van der Waals surface area contributed by atoms with Crippen LogP contribution in [0.2, 0.25) is 0 Å². The van der Waals surface area contributed by atoms with E-state index in [2.05, 4.69) is 38.2 Å². The standard InChI is InChI=1S/C42H76O8/c1-3-5-7-9-11-13-15-17-19-21-23-25-27-29-31-33-35(43)49-41-38(46)37(45)39(47)42(40(41)48)50-36(44)34-32-30-28-26-24-22-20-18-16-14-12-10-8-6-4-2/h17-20,37-42,45-48H,3-16,21-34H2,1-2H3/b19-17-,20-18-/t37?,38-,39+,40?,41+,42-. The van der Waals surface area contributed by atoms with Gasteiger partial charge in [0.15, 0.2) is 12.2 Å². The number of unbranched alkanes of at least 4 members (excludes halogenated alkanes) is 22. The van der Waals surface area contributed by atoms with E-state index in [1.165, 1.54) is 77.0 Å². The number of rotatable bonds is 32. The van der Waals surface area contributed by atoms with Crippen molar-refractivity contribution in [1.29, 1.82) is 0 Å². The van der Waals surface area contributed by atoms with E-state index in [1.807, 2.05) is 0 Å². The molecule has 1 saturated carbocycles. The molecular weight excluding hydrogens is 632 g/mol. The van der Waals surface area contributed by atoms with Crippen molar-refractivity contribution in [2.45, 2.75) is 230 Å². The molecule has 2 unspecified atom stereocenters. The number of carbonyl (C=O) groups excluding carboxylic acids is 2. The topological polar surface area (TPSA) is 134 Å². The largest absolute Gasteiger partial charge is 0.457 e. The van der Waals surface area contributed by atoms with E-state index < -0.39 is 48.6 Å². The average Bonchev–Trinajstić information content (AvgIpc) is 3.11. The molecule has 4 N–H and O–H groups in total. The second kappa shape index (κ2) is 32.0. The smallest absolute Gasteiger partial charge is 0.306 e. The normalized spacial score (nSPS) is 22.4. The second-order valence-electron chi connectivity index (χ2n) is 14.5. The summed E-state index contributed by atoms with van der Waals surface area (Å²) in [5, 5.41) is 42.0. The van der Waals surface area contributed by atoms with Gasteiger partial charge in [-0.25, -0.2) is 0 Å². The van der Waals surface area contributed by atoms with Crippen LogP contribution in [0.25, 0.3) is 0 Å². The van der Waals surface area contributed by atoms with E-state index in [9.17, 15) is 30.0 Å². The Bertz CT molecular complexity index is 806. The Kier molecular flexibility index (Phi) is 29.6. The van der Waals surface area contributed by atoms with Crippen LogP contribution >= 0.6 is 0 Å². The third-order valence-electron chi connectivity index (χ3n) is 9.87. The third kappa shape index (κ3) is 22.9. The van der Waals surface area contributed by atoms with Gasteiger partial charge < -0.3 is 29.9 Å². The highest BCUT2D eigenvalue weighted by Gasteiger charge is 2.52. The van der Waals surface area contributed by atoms with Crippen LogP contribution in [0.5, 0.6) is 0 Å². The Morgan fingerprint density at radius 2 is 0.680 bits per heavy atom. The number of esters is 2. The summed E-state index contributed by atoms with van der Waals surface area (Å²) in [6, 6.07) is 0.